The fourth-order valence-corrected chi connectivity index (χ4v) is 3.73. The molecule has 1 aliphatic rings. The number of hydrogen-bond donors (Lipinski definition) is 0. The van der Waals surface area contributed by atoms with Crippen LogP contribution in [0.1, 0.15) is 27.9 Å². The average molecular weight is 375 g/mol. The number of nitrogens with zero attached hydrogens (tertiary/aromatic N) is 5. The molecule has 0 radical (unpaired) electrons. The molecule has 3 heterocycles. The fraction of sp³-hybridized carbons (Fsp3) is 0.318. The van der Waals surface area contributed by atoms with Gasteiger partial charge < -0.3 is 0 Å². The highest BCUT2D eigenvalue weighted by molar-refractivity contribution is 5.63. The third-order valence-corrected chi connectivity index (χ3v) is 5.31. The van der Waals surface area contributed by atoms with E-state index in [9.17, 15) is 4.79 Å². The van der Waals surface area contributed by atoms with Gasteiger partial charge in [0.05, 0.1) is 13.3 Å². The van der Waals surface area contributed by atoms with Crippen molar-refractivity contribution >= 4 is 11.6 Å². The van der Waals surface area contributed by atoms with Crippen molar-refractivity contribution in [2.24, 2.45) is 0 Å². The second-order valence-electron chi connectivity index (χ2n) is 7.55. The van der Waals surface area contributed by atoms with E-state index < -0.39 is 0 Å². The molecule has 0 unspecified atom stereocenters. The van der Waals surface area contributed by atoms with Gasteiger partial charge >= 0.3 is 0 Å². The van der Waals surface area contributed by atoms with Crippen molar-refractivity contribution in [3.63, 3.8) is 0 Å². The van der Waals surface area contributed by atoms with Crippen LogP contribution in [0.4, 0.5) is 11.6 Å². The van der Waals surface area contributed by atoms with Crippen LogP contribution < -0.4 is 10.5 Å². The summed E-state index contributed by atoms with van der Waals surface area (Å²) in [7, 11) is 0. The van der Waals surface area contributed by atoms with Crippen LogP contribution >= 0.6 is 0 Å². The highest BCUT2D eigenvalue weighted by atomic mass is 16.1. The van der Waals surface area contributed by atoms with Gasteiger partial charge in [-0.25, -0.2) is 4.98 Å². The summed E-state index contributed by atoms with van der Waals surface area (Å²) in [6, 6.07) is 10.4. The summed E-state index contributed by atoms with van der Waals surface area (Å²) >= 11 is 0. The first kappa shape index (κ1) is 18.4. The molecule has 144 valence electrons. The highest BCUT2D eigenvalue weighted by Crippen LogP contribution is 2.31. The van der Waals surface area contributed by atoms with Gasteiger partial charge in [0.15, 0.2) is 0 Å². The highest BCUT2D eigenvalue weighted by Gasteiger charge is 2.28. The molecule has 4 rings (SSSR count). The monoisotopic (exact) mass is 375 g/mol. The number of anilines is 2. The first-order valence-electron chi connectivity index (χ1n) is 9.48. The Bertz CT molecular complexity index is 1070. The van der Waals surface area contributed by atoms with E-state index in [1.165, 1.54) is 11.1 Å². The van der Waals surface area contributed by atoms with Crippen LogP contribution in [0.2, 0.25) is 0 Å². The number of hydrogen-bond acceptors (Lipinski definition) is 5. The molecule has 0 aliphatic carbocycles. The van der Waals surface area contributed by atoms with Crippen LogP contribution in [-0.2, 0) is 13.2 Å². The average Bonchev–Trinajstić information content (AvgIpc) is 2.67. The van der Waals surface area contributed by atoms with Crippen molar-refractivity contribution in [1.82, 2.24) is 19.4 Å². The quantitative estimate of drug-likeness (QED) is 0.702. The first-order chi connectivity index (χ1) is 13.4. The second kappa shape index (κ2) is 7.20. The van der Waals surface area contributed by atoms with Crippen molar-refractivity contribution in [3.8, 4) is 0 Å². The molecule has 6 nitrogen and oxygen atoms in total. The Morgan fingerprint density at radius 3 is 2.61 bits per heavy atom. The van der Waals surface area contributed by atoms with Crippen molar-refractivity contribution in [1.29, 1.82) is 0 Å². The van der Waals surface area contributed by atoms with Crippen molar-refractivity contribution in [2.75, 3.05) is 11.6 Å². The van der Waals surface area contributed by atoms with E-state index >= 15 is 0 Å². The van der Waals surface area contributed by atoms with E-state index in [4.69, 9.17) is 4.98 Å². The van der Waals surface area contributed by atoms with Crippen LogP contribution in [0.5, 0.6) is 0 Å². The van der Waals surface area contributed by atoms with Crippen molar-refractivity contribution in [3.05, 3.63) is 81.0 Å². The minimum absolute atomic E-state index is 0.0214. The summed E-state index contributed by atoms with van der Waals surface area (Å²) in [5.41, 5.74) is 6.09. The van der Waals surface area contributed by atoms with E-state index in [2.05, 4.69) is 52.9 Å². The normalized spacial score (nSPS) is 14.2. The molecular weight excluding hydrogens is 350 g/mol. The lowest BCUT2D eigenvalue weighted by molar-refractivity contribution is 0.189. The Morgan fingerprint density at radius 2 is 1.89 bits per heavy atom. The number of aromatic nitrogens is 3. The standard InChI is InChI=1S/C22H25N5O/c1-15-7-8-20(16(2)10-15)26-13-25(12-19-6-5-9-23-11-19)14-27-21(28)17(3)18(4)24-22(26)27/h5-11H,12-14H2,1-4H3. The number of rotatable bonds is 3. The van der Waals surface area contributed by atoms with Crippen molar-refractivity contribution < 1.29 is 0 Å². The maximum Gasteiger partial charge on any atom is 0.259 e. The largest absolute Gasteiger partial charge is 0.298 e. The SMILES string of the molecule is Cc1ccc(N2CN(Cc3cccnc3)Cn3c2nc(C)c(C)c3=O)c(C)c1. The number of aryl methyl sites for hydroxylation is 3. The fourth-order valence-electron chi connectivity index (χ4n) is 3.73. The van der Waals surface area contributed by atoms with E-state index in [0.717, 1.165) is 16.9 Å². The molecule has 0 saturated heterocycles. The molecule has 0 bridgehead atoms. The van der Waals surface area contributed by atoms with Crippen LogP contribution in [0.15, 0.2) is 47.5 Å². The molecule has 28 heavy (non-hydrogen) atoms. The second-order valence-corrected chi connectivity index (χ2v) is 7.55. The lowest BCUT2D eigenvalue weighted by Crippen LogP contribution is -2.47. The number of fused-ring (bicyclic) bond motifs is 1. The summed E-state index contributed by atoms with van der Waals surface area (Å²) in [4.78, 5) is 26.4. The topological polar surface area (TPSA) is 54.3 Å². The Hall–Kier alpha value is -2.99. The van der Waals surface area contributed by atoms with Gasteiger partial charge in [-0.15, -0.1) is 0 Å². The molecule has 1 aliphatic heterocycles. The minimum Gasteiger partial charge on any atom is -0.298 e. The third-order valence-electron chi connectivity index (χ3n) is 5.31. The molecule has 2 aromatic heterocycles. The zero-order valence-electron chi connectivity index (χ0n) is 16.8. The number of benzene rings is 1. The summed E-state index contributed by atoms with van der Waals surface area (Å²) in [5.74, 6) is 0.711. The van der Waals surface area contributed by atoms with Gasteiger partial charge in [-0.1, -0.05) is 23.8 Å². The van der Waals surface area contributed by atoms with Crippen molar-refractivity contribution in [2.45, 2.75) is 40.9 Å². The molecule has 0 amide bonds. The Balaban J connectivity index is 1.81. The smallest absolute Gasteiger partial charge is 0.259 e. The van der Waals surface area contributed by atoms with Crippen LogP contribution in [-0.4, -0.2) is 26.1 Å². The van der Waals surface area contributed by atoms with E-state index in [1.54, 1.807) is 10.8 Å². The van der Waals surface area contributed by atoms with Gasteiger partial charge in [0.1, 0.15) is 0 Å². The molecule has 0 N–H and O–H groups in total. The van der Waals surface area contributed by atoms with E-state index in [-0.39, 0.29) is 5.56 Å². The molecule has 3 aromatic rings. The maximum atomic E-state index is 13.0. The van der Waals surface area contributed by atoms with Crippen LogP contribution in [0.3, 0.4) is 0 Å². The lowest BCUT2D eigenvalue weighted by atomic mass is 10.1. The molecule has 0 saturated carbocycles. The van der Waals surface area contributed by atoms with Gasteiger partial charge in [-0.05, 0) is 51.0 Å². The summed E-state index contributed by atoms with van der Waals surface area (Å²) in [6.45, 7) is 9.83. The Morgan fingerprint density at radius 1 is 1.07 bits per heavy atom. The first-order valence-corrected chi connectivity index (χ1v) is 9.48. The third kappa shape index (κ3) is 3.31. The maximum absolute atomic E-state index is 13.0. The van der Waals surface area contributed by atoms with Gasteiger partial charge in [0.25, 0.3) is 5.56 Å². The molecule has 0 spiro atoms. The summed E-state index contributed by atoms with van der Waals surface area (Å²) in [5, 5.41) is 0. The minimum atomic E-state index is 0.0214. The predicted octanol–water partition coefficient (Wildman–Crippen LogP) is 3.44. The Kier molecular flexibility index (Phi) is 4.73. The van der Waals surface area contributed by atoms with E-state index in [0.29, 0.717) is 31.4 Å². The Labute approximate surface area is 165 Å². The molecule has 6 heteroatoms. The summed E-state index contributed by atoms with van der Waals surface area (Å²) in [6.07, 6.45) is 3.65. The molecular formula is C22H25N5O. The van der Waals surface area contributed by atoms with Gasteiger partial charge in [0.2, 0.25) is 5.95 Å². The lowest BCUT2D eigenvalue weighted by Gasteiger charge is -2.39. The van der Waals surface area contributed by atoms with Crippen LogP contribution in [0, 0.1) is 27.7 Å². The van der Waals surface area contributed by atoms with Gasteiger partial charge in [-0.3, -0.25) is 24.1 Å². The zero-order chi connectivity index (χ0) is 19.8. The molecule has 0 fully saturated rings. The predicted molar refractivity (Wildman–Crippen MR) is 111 cm³/mol. The molecule has 1 aromatic carbocycles. The zero-order valence-corrected chi connectivity index (χ0v) is 16.8. The van der Waals surface area contributed by atoms with Gasteiger partial charge in [-0.2, -0.15) is 0 Å². The van der Waals surface area contributed by atoms with Gasteiger partial charge in [0, 0.05) is 35.9 Å². The molecule has 0 atom stereocenters. The summed E-state index contributed by atoms with van der Waals surface area (Å²) < 4.78 is 1.78. The van der Waals surface area contributed by atoms with E-state index in [1.807, 2.05) is 26.1 Å². The van der Waals surface area contributed by atoms with Crippen LogP contribution in [0.25, 0.3) is 0 Å². The number of pyridine rings is 1.